The van der Waals surface area contributed by atoms with Gasteiger partial charge in [-0.15, -0.1) is 0 Å². The molecule has 1 aromatic heterocycles. The number of aromatic nitrogens is 2. The molecule has 2 nitrogen and oxygen atoms in total. The Morgan fingerprint density at radius 1 is 0.941 bits per heavy atom. The van der Waals surface area contributed by atoms with Crippen molar-refractivity contribution in [2.24, 2.45) is 0 Å². The van der Waals surface area contributed by atoms with Gasteiger partial charge in [-0.1, -0.05) is 53.2 Å². The Bertz CT molecular complexity index is 405. The predicted octanol–water partition coefficient (Wildman–Crippen LogP) is 4.63. The summed E-state index contributed by atoms with van der Waals surface area (Å²) in [6.07, 6.45) is 5.72. The molecule has 0 unspecified atom stereocenters. The van der Waals surface area contributed by atoms with Crippen molar-refractivity contribution in [2.75, 3.05) is 0 Å². The summed E-state index contributed by atoms with van der Waals surface area (Å²) in [5.41, 5.74) is 3.28. The Hall–Kier alpha value is -1.44. The lowest BCUT2D eigenvalue weighted by Gasteiger charge is -2.00. The first-order valence-corrected chi connectivity index (χ1v) is 6.52. The highest BCUT2D eigenvalue weighted by Crippen LogP contribution is 2.13. The van der Waals surface area contributed by atoms with Crippen molar-refractivity contribution in [1.82, 2.24) is 9.97 Å². The molecule has 0 bridgehead atoms. The van der Waals surface area contributed by atoms with E-state index >= 15 is 0 Å². The third kappa shape index (κ3) is 4.94. The van der Waals surface area contributed by atoms with Crippen molar-refractivity contribution in [2.45, 2.75) is 47.5 Å². The maximum Gasteiger partial charge on any atom is 0.0918 e. The maximum absolute atomic E-state index is 4.29. The number of rotatable bonds is 1. The van der Waals surface area contributed by atoms with Gasteiger partial charge in [0.15, 0.2) is 0 Å². The van der Waals surface area contributed by atoms with Crippen LogP contribution in [0.25, 0.3) is 11.0 Å². The summed E-state index contributed by atoms with van der Waals surface area (Å²) in [7, 11) is 0. The molecule has 0 amide bonds. The molecule has 2 heteroatoms. The van der Waals surface area contributed by atoms with Gasteiger partial charge >= 0.3 is 0 Å². The van der Waals surface area contributed by atoms with Crippen LogP contribution in [0.2, 0.25) is 0 Å². The minimum absolute atomic E-state index is 0.983. The molecule has 1 aromatic carbocycles. The van der Waals surface area contributed by atoms with Crippen LogP contribution in [0.4, 0.5) is 0 Å². The predicted molar refractivity (Wildman–Crippen MR) is 76.2 cm³/mol. The Balaban J connectivity index is 0.000000450. The van der Waals surface area contributed by atoms with E-state index in [0.29, 0.717) is 0 Å². The number of nitrogens with zero attached hydrogens (tertiary/aromatic N) is 2. The van der Waals surface area contributed by atoms with E-state index in [-0.39, 0.29) is 0 Å². The zero-order chi connectivity index (χ0) is 13.1. The van der Waals surface area contributed by atoms with Crippen molar-refractivity contribution in [1.29, 1.82) is 0 Å². The molecular weight excluding hydrogens is 208 g/mol. The van der Waals surface area contributed by atoms with E-state index in [9.17, 15) is 0 Å². The standard InChI is InChI=1S/C10H10N2.C3H8.C2H6/c1-2-8-4-3-5-9-10(8)12-7-6-11-9;1-3-2;1-2/h3-7H,2H2,1H3;3H2,1-2H3;1-2H3. The van der Waals surface area contributed by atoms with Crippen LogP contribution in [0, 0.1) is 0 Å². The second-order valence-corrected chi connectivity index (χ2v) is 3.40. The summed E-state index contributed by atoms with van der Waals surface area (Å²) in [6, 6.07) is 6.11. The lowest BCUT2D eigenvalue weighted by atomic mass is 10.1. The minimum atomic E-state index is 0.983. The molecule has 0 atom stereocenters. The van der Waals surface area contributed by atoms with Gasteiger partial charge in [-0.25, -0.2) is 0 Å². The molecule has 0 N–H and O–H groups in total. The van der Waals surface area contributed by atoms with Crippen molar-refractivity contribution in [3.05, 3.63) is 36.2 Å². The van der Waals surface area contributed by atoms with Crippen molar-refractivity contribution < 1.29 is 0 Å². The van der Waals surface area contributed by atoms with Crippen LogP contribution in [-0.4, -0.2) is 9.97 Å². The normalized spacial score (nSPS) is 8.76. The first-order chi connectivity index (χ1) is 8.33. The zero-order valence-electron chi connectivity index (χ0n) is 11.7. The fourth-order valence-corrected chi connectivity index (χ4v) is 1.34. The quantitative estimate of drug-likeness (QED) is 0.716. The second kappa shape index (κ2) is 9.76. The molecular formula is C15H24N2. The van der Waals surface area contributed by atoms with E-state index in [2.05, 4.69) is 36.8 Å². The number of hydrogen-bond acceptors (Lipinski definition) is 2. The summed E-state index contributed by atoms with van der Waals surface area (Å²) in [4.78, 5) is 8.52. The highest BCUT2D eigenvalue weighted by Gasteiger charge is 1.98. The maximum atomic E-state index is 4.29. The highest BCUT2D eigenvalue weighted by molar-refractivity contribution is 5.77. The first-order valence-electron chi connectivity index (χ1n) is 6.52. The number of fused-ring (bicyclic) bond motifs is 1. The minimum Gasteiger partial charge on any atom is -0.253 e. The van der Waals surface area contributed by atoms with E-state index in [1.54, 1.807) is 12.4 Å². The molecule has 0 aliphatic rings. The molecule has 0 aliphatic heterocycles. The Morgan fingerprint density at radius 2 is 1.53 bits per heavy atom. The van der Waals surface area contributed by atoms with Gasteiger partial charge in [0.05, 0.1) is 11.0 Å². The number of para-hydroxylation sites is 1. The molecule has 1 heterocycles. The van der Waals surface area contributed by atoms with E-state index < -0.39 is 0 Å². The third-order valence-electron chi connectivity index (χ3n) is 1.96. The monoisotopic (exact) mass is 232 g/mol. The van der Waals surface area contributed by atoms with E-state index in [4.69, 9.17) is 0 Å². The first kappa shape index (κ1) is 15.6. The van der Waals surface area contributed by atoms with Gasteiger partial charge in [-0.2, -0.15) is 0 Å². The van der Waals surface area contributed by atoms with Gasteiger partial charge in [-0.3, -0.25) is 9.97 Å². The number of aryl methyl sites for hydroxylation is 1. The smallest absolute Gasteiger partial charge is 0.0918 e. The van der Waals surface area contributed by atoms with Gasteiger partial charge in [0, 0.05) is 12.4 Å². The summed E-state index contributed by atoms with van der Waals surface area (Å²) in [5.74, 6) is 0. The zero-order valence-corrected chi connectivity index (χ0v) is 11.7. The van der Waals surface area contributed by atoms with Gasteiger partial charge in [-0.05, 0) is 18.1 Å². The Morgan fingerprint density at radius 3 is 2.12 bits per heavy atom. The summed E-state index contributed by atoms with van der Waals surface area (Å²) >= 11 is 0. The lowest BCUT2D eigenvalue weighted by molar-refractivity contribution is 1.09. The lowest BCUT2D eigenvalue weighted by Crippen LogP contribution is -1.87. The molecule has 0 fully saturated rings. The SMILES string of the molecule is CC.CCC.CCc1cccc2nccnc12. The van der Waals surface area contributed by atoms with Crippen LogP contribution >= 0.6 is 0 Å². The molecule has 0 saturated carbocycles. The number of hydrogen-bond donors (Lipinski definition) is 0. The average Bonchev–Trinajstić information content (AvgIpc) is 2.41. The Labute approximate surface area is 105 Å². The molecule has 94 valence electrons. The fraction of sp³-hybridized carbons (Fsp3) is 0.467. The van der Waals surface area contributed by atoms with E-state index in [0.717, 1.165) is 17.5 Å². The molecule has 0 aliphatic carbocycles. The van der Waals surface area contributed by atoms with Crippen LogP contribution in [0.5, 0.6) is 0 Å². The summed E-state index contributed by atoms with van der Waals surface area (Å²) in [6.45, 7) is 10.4. The molecule has 0 radical (unpaired) electrons. The average molecular weight is 232 g/mol. The van der Waals surface area contributed by atoms with Crippen LogP contribution in [0.1, 0.15) is 46.6 Å². The largest absolute Gasteiger partial charge is 0.253 e. The summed E-state index contributed by atoms with van der Waals surface area (Å²) in [5, 5.41) is 0. The molecule has 2 aromatic rings. The van der Waals surface area contributed by atoms with E-state index in [1.165, 1.54) is 12.0 Å². The van der Waals surface area contributed by atoms with Crippen molar-refractivity contribution >= 4 is 11.0 Å². The van der Waals surface area contributed by atoms with Crippen LogP contribution in [-0.2, 0) is 6.42 Å². The molecule has 2 rings (SSSR count). The summed E-state index contributed by atoms with van der Waals surface area (Å²) < 4.78 is 0. The van der Waals surface area contributed by atoms with Crippen molar-refractivity contribution in [3.63, 3.8) is 0 Å². The van der Waals surface area contributed by atoms with Gasteiger partial charge in [0.25, 0.3) is 0 Å². The highest BCUT2D eigenvalue weighted by atomic mass is 14.8. The number of benzene rings is 1. The fourth-order valence-electron chi connectivity index (χ4n) is 1.34. The van der Waals surface area contributed by atoms with Gasteiger partial charge < -0.3 is 0 Å². The van der Waals surface area contributed by atoms with Crippen LogP contribution in [0.15, 0.2) is 30.6 Å². The topological polar surface area (TPSA) is 25.8 Å². The van der Waals surface area contributed by atoms with Crippen LogP contribution < -0.4 is 0 Å². The molecule has 0 spiro atoms. The van der Waals surface area contributed by atoms with Gasteiger partial charge in [0.1, 0.15) is 0 Å². The molecule has 17 heavy (non-hydrogen) atoms. The van der Waals surface area contributed by atoms with Crippen LogP contribution in [0.3, 0.4) is 0 Å². The van der Waals surface area contributed by atoms with Crippen molar-refractivity contribution in [3.8, 4) is 0 Å². The van der Waals surface area contributed by atoms with E-state index in [1.807, 2.05) is 26.0 Å². The second-order valence-electron chi connectivity index (χ2n) is 3.40. The van der Waals surface area contributed by atoms with Gasteiger partial charge in [0.2, 0.25) is 0 Å². The molecule has 0 saturated heterocycles. The third-order valence-corrected chi connectivity index (χ3v) is 1.96. The Kier molecular flexibility index (Phi) is 8.94.